The summed E-state index contributed by atoms with van der Waals surface area (Å²) in [5.41, 5.74) is 0.557. The Balaban J connectivity index is 1.90. The fraction of sp³-hybridized carbons (Fsp3) is 0.615. The lowest BCUT2D eigenvalue weighted by atomic mass is 10.0. The van der Waals surface area contributed by atoms with Crippen molar-refractivity contribution in [2.24, 2.45) is 0 Å². The minimum absolute atomic E-state index is 0.272. The number of hydrogen-bond donors (Lipinski definition) is 1. The number of nitrogens with one attached hydrogen (secondary N) is 1. The lowest BCUT2D eigenvalue weighted by Gasteiger charge is -2.35. The Morgan fingerprint density at radius 3 is 3.18 bits per heavy atom. The van der Waals surface area contributed by atoms with Crippen LogP contribution in [-0.4, -0.2) is 35.6 Å². The molecule has 0 saturated carbocycles. The SMILES string of the molecule is CCN1CCCCC1CNc1ccncc1F. The zero-order chi connectivity index (χ0) is 12.1. The van der Waals surface area contributed by atoms with Crippen LogP contribution in [-0.2, 0) is 0 Å². The number of piperidine rings is 1. The third-order valence-electron chi connectivity index (χ3n) is 3.46. The number of halogens is 1. The number of likely N-dealkylation sites (tertiary alicyclic amines) is 1. The summed E-state index contributed by atoms with van der Waals surface area (Å²) in [6, 6.07) is 2.22. The molecule has 0 aliphatic carbocycles. The monoisotopic (exact) mass is 237 g/mol. The van der Waals surface area contributed by atoms with Crippen molar-refractivity contribution in [2.45, 2.75) is 32.2 Å². The van der Waals surface area contributed by atoms with Gasteiger partial charge in [-0.05, 0) is 32.0 Å². The Morgan fingerprint density at radius 1 is 1.53 bits per heavy atom. The molecule has 17 heavy (non-hydrogen) atoms. The standard InChI is InChI=1S/C13H20FN3/c1-2-17-8-4-3-5-11(17)9-16-13-6-7-15-10-12(13)14/h6-7,10-11H,2-5,8-9H2,1H3,(H,15,16). The van der Waals surface area contributed by atoms with Gasteiger partial charge < -0.3 is 5.32 Å². The van der Waals surface area contributed by atoms with Gasteiger partial charge in [-0.25, -0.2) is 4.39 Å². The van der Waals surface area contributed by atoms with E-state index in [0.29, 0.717) is 11.7 Å². The molecule has 0 spiro atoms. The molecule has 94 valence electrons. The Hall–Kier alpha value is -1.16. The zero-order valence-electron chi connectivity index (χ0n) is 10.3. The highest BCUT2D eigenvalue weighted by Gasteiger charge is 2.20. The van der Waals surface area contributed by atoms with E-state index in [2.05, 4.69) is 22.1 Å². The topological polar surface area (TPSA) is 28.2 Å². The highest BCUT2D eigenvalue weighted by Crippen LogP contribution is 2.18. The third kappa shape index (κ3) is 3.16. The molecule has 3 nitrogen and oxygen atoms in total. The first-order valence-corrected chi connectivity index (χ1v) is 6.38. The number of pyridine rings is 1. The predicted octanol–water partition coefficient (Wildman–Crippen LogP) is 2.51. The van der Waals surface area contributed by atoms with Crippen molar-refractivity contribution < 1.29 is 4.39 Å². The summed E-state index contributed by atoms with van der Waals surface area (Å²) in [7, 11) is 0. The number of aromatic nitrogens is 1. The maximum atomic E-state index is 13.4. The van der Waals surface area contributed by atoms with E-state index >= 15 is 0 Å². The van der Waals surface area contributed by atoms with Gasteiger partial charge in [0, 0.05) is 18.8 Å². The first-order chi connectivity index (χ1) is 8.31. The van der Waals surface area contributed by atoms with E-state index in [4.69, 9.17) is 0 Å². The van der Waals surface area contributed by atoms with Crippen LogP contribution < -0.4 is 5.32 Å². The van der Waals surface area contributed by atoms with Crippen molar-refractivity contribution in [3.8, 4) is 0 Å². The molecule has 1 aliphatic rings. The quantitative estimate of drug-likeness (QED) is 0.872. The van der Waals surface area contributed by atoms with Crippen molar-refractivity contribution in [1.29, 1.82) is 0 Å². The van der Waals surface area contributed by atoms with Crippen molar-refractivity contribution in [2.75, 3.05) is 25.0 Å². The molecule has 2 heterocycles. The largest absolute Gasteiger partial charge is 0.381 e. The molecule has 4 heteroatoms. The van der Waals surface area contributed by atoms with Crippen LogP contribution in [0.2, 0.25) is 0 Å². The molecule has 0 radical (unpaired) electrons. The van der Waals surface area contributed by atoms with Crippen molar-refractivity contribution >= 4 is 5.69 Å². The highest BCUT2D eigenvalue weighted by atomic mass is 19.1. The molecule has 1 fully saturated rings. The van der Waals surface area contributed by atoms with Crippen LogP contribution in [0.15, 0.2) is 18.5 Å². The molecule has 1 unspecified atom stereocenters. The summed E-state index contributed by atoms with van der Waals surface area (Å²) in [5, 5.41) is 3.19. The molecule has 1 aliphatic heterocycles. The second kappa shape index (κ2) is 5.96. The molecular formula is C13H20FN3. The molecule has 1 N–H and O–H groups in total. The van der Waals surface area contributed by atoms with Gasteiger partial charge in [-0.1, -0.05) is 13.3 Å². The number of anilines is 1. The third-order valence-corrected chi connectivity index (χ3v) is 3.46. The van der Waals surface area contributed by atoms with E-state index in [1.165, 1.54) is 32.0 Å². The molecule has 0 aromatic carbocycles. The van der Waals surface area contributed by atoms with Gasteiger partial charge in [0.25, 0.3) is 0 Å². The maximum absolute atomic E-state index is 13.4. The minimum Gasteiger partial charge on any atom is -0.381 e. The van der Waals surface area contributed by atoms with Crippen LogP contribution in [0.3, 0.4) is 0 Å². The smallest absolute Gasteiger partial charge is 0.164 e. The average molecular weight is 237 g/mol. The van der Waals surface area contributed by atoms with Gasteiger partial charge in [-0.15, -0.1) is 0 Å². The number of rotatable bonds is 4. The van der Waals surface area contributed by atoms with Crippen molar-refractivity contribution in [1.82, 2.24) is 9.88 Å². The van der Waals surface area contributed by atoms with Crippen LogP contribution in [0.1, 0.15) is 26.2 Å². The summed E-state index contributed by atoms with van der Waals surface area (Å²) in [6.07, 6.45) is 6.63. The van der Waals surface area contributed by atoms with E-state index in [-0.39, 0.29) is 5.82 Å². The van der Waals surface area contributed by atoms with E-state index in [1.54, 1.807) is 12.3 Å². The Labute approximate surface area is 102 Å². The first kappa shape index (κ1) is 12.3. The highest BCUT2D eigenvalue weighted by molar-refractivity contribution is 5.42. The second-order valence-corrected chi connectivity index (χ2v) is 4.51. The van der Waals surface area contributed by atoms with Gasteiger partial charge in [0.15, 0.2) is 5.82 Å². The lowest BCUT2D eigenvalue weighted by Crippen LogP contribution is -2.43. The lowest BCUT2D eigenvalue weighted by molar-refractivity contribution is 0.164. The van der Waals surface area contributed by atoms with Gasteiger partial charge in [0.05, 0.1) is 11.9 Å². The van der Waals surface area contributed by atoms with Crippen molar-refractivity contribution in [3.05, 3.63) is 24.3 Å². The predicted molar refractivity (Wildman–Crippen MR) is 67.6 cm³/mol. The van der Waals surface area contributed by atoms with Crippen LogP contribution in [0.4, 0.5) is 10.1 Å². The first-order valence-electron chi connectivity index (χ1n) is 6.38. The number of nitrogens with zero attached hydrogens (tertiary/aromatic N) is 2. The van der Waals surface area contributed by atoms with E-state index in [9.17, 15) is 4.39 Å². The van der Waals surface area contributed by atoms with Crippen LogP contribution >= 0.6 is 0 Å². The zero-order valence-corrected chi connectivity index (χ0v) is 10.3. The second-order valence-electron chi connectivity index (χ2n) is 4.51. The molecule has 1 aromatic rings. The number of likely N-dealkylation sites (N-methyl/N-ethyl adjacent to an activating group) is 1. The molecule has 2 rings (SSSR count). The van der Waals surface area contributed by atoms with Crippen LogP contribution in [0.5, 0.6) is 0 Å². The molecular weight excluding hydrogens is 217 g/mol. The summed E-state index contributed by atoms with van der Waals surface area (Å²) in [4.78, 5) is 6.21. The Bertz CT molecular complexity index is 356. The van der Waals surface area contributed by atoms with Gasteiger partial charge in [0.2, 0.25) is 0 Å². The molecule has 1 saturated heterocycles. The summed E-state index contributed by atoms with van der Waals surface area (Å²) in [6.45, 7) is 5.24. The van der Waals surface area contributed by atoms with Gasteiger partial charge in [0.1, 0.15) is 0 Å². The fourth-order valence-electron chi connectivity index (χ4n) is 2.45. The maximum Gasteiger partial charge on any atom is 0.164 e. The van der Waals surface area contributed by atoms with E-state index in [1.807, 2.05) is 0 Å². The van der Waals surface area contributed by atoms with Gasteiger partial charge in [-0.3, -0.25) is 9.88 Å². The molecule has 1 aromatic heterocycles. The Kier molecular flexibility index (Phi) is 4.31. The fourth-order valence-corrected chi connectivity index (χ4v) is 2.45. The summed E-state index contributed by atoms with van der Waals surface area (Å²) >= 11 is 0. The summed E-state index contributed by atoms with van der Waals surface area (Å²) in [5.74, 6) is -0.272. The van der Waals surface area contributed by atoms with Crippen molar-refractivity contribution in [3.63, 3.8) is 0 Å². The van der Waals surface area contributed by atoms with Crippen LogP contribution in [0, 0.1) is 5.82 Å². The summed E-state index contributed by atoms with van der Waals surface area (Å²) < 4.78 is 13.4. The van der Waals surface area contributed by atoms with Gasteiger partial charge in [-0.2, -0.15) is 0 Å². The Morgan fingerprint density at radius 2 is 2.41 bits per heavy atom. The van der Waals surface area contributed by atoms with E-state index in [0.717, 1.165) is 13.1 Å². The van der Waals surface area contributed by atoms with Crippen LogP contribution in [0.25, 0.3) is 0 Å². The van der Waals surface area contributed by atoms with Gasteiger partial charge >= 0.3 is 0 Å². The molecule has 0 amide bonds. The van der Waals surface area contributed by atoms with E-state index < -0.39 is 0 Å². The number of hydrogen-bond acceptors (Lipinski definition) is 3. The average Bonchev–Trinajstić information content (AvgIpc) is 2.38. The normalized spacial score (nSPS) is 21.4. The molecule has 0 bridgehead atoms. The molecule has 1 atom stereocenters. The minimum atomic E-state index is -0.272.